The van der Waals surface area contributed by atoms with Crippen molar-refractivity contribution in [2.24, 2.45) is 11.3 Å². The standard InChI is InChI=1S/C18H30FN/c1-7-20-17(10-13(2)12-18(4,5)6)16-9-8-15(19)11-14(16)3/h8-9,11,13,17,20H,7,10,12H2,1-6H3. The molecule has 0 amide bonds. The fourth-order valence-corrected chi connectivity index (χ4v) is 3.13. The lowest BCUT2D eigenvalue weighted by molar-refractivity contribution is 0.276. The highest BCUT2D eigenvalue weighted by molar-refractivity contribution is 5.29. The summed E-state index contributed by atoms with van der Waals surface area (Å²) in [5.41, 5.74) is 2.63. The van der Waals surface area contributed by atoms with Gasteiger partial charge in [0.1, 0.15) is 5.82 Å². The molecule has 0 radical (unpaired) electrons. The van der Waals surface area contributed by atoms with Crippen LogP contribution in [0.2, 0.25) is 0 Å². The monoisotopic (exact) mass is 279 g/mol. The summed E-state index contributed by atoms with van der Waals surface area (Å²) in [6.45, 7) is 14.2. The molecule has 2 heteroatoms. The van der Waals surface area contributed by atoms with Gasteiger partial charge in [0.05, 0.1) is 0 Å². The summed E-state index contributed by atoms with van der Waals surface area (Å²) in [5, 5.41) is 3.55. The number of halogens is 1. The number of rotatable bonds is 6. The van der Waals surface area contributed by atoms with Gasteiger partial charge in [-0.3, -0.25) is 0 Å². The van der Waals surface area contributed by atoms with Gasteiger partial charge in [-0.2, -0.15) is 0 Å². The van der Waals surface area contributed by atoms with Crippen LogP contribution in [0.4, 0.5) is 4.39 Å². The van der Waals surface area contributed by atoms with Crippen molar-refractivity contribution in [1.82, 2.24) is 5.32 Å². The van der Waals surface area contributed by atoms with E-state index in [-0.39, 0.29) is 5.82 Å². The Bertz CT molecular complexity index is 420. The molecule has 1 aromatic carbocycles. The molecule has 0 spiro atoms. The largest absolute Gasteiger partial charge is 0.310 e. The Hall–Kier alpha value is -0.890. The van der Waals surface area contributed by atoms with Gasteiger partial charge in [-0.1, -0.05) is 40.7 Å². The molecule has 0 saturated carbocycles. The second-order valence-corrected chi connectivity index (χ2v) is 7.22. The first kappa shape index (κ1) is 17.2. The van der Waals surface area contributed by atoms with Gasteiger partial charge in [0.2, 0.25) is 0 Å². The molecule has 0 aliphatic heterocycles. The van der Waals surface area contributed by atoms with Gasteiger partial charge in [-0.25, -0.2) is 4.39 Å². The van der Waals surface area contributed by atoms with Crippen LogP contribution in [0.15, 0.2) is 18.2 Å². The highest BCUT2D eigenvalue weighted by atomic mass is 19.1. The van der Waals surface area contributed by atoms with Crippen molar-refractivity contribution >= 4 is 0 Å². The topological polar surface area (TPSA) is 12.0 Å². The van der Waals surface area contributed by atoms with Gasteiger partial charge >= 0.3 is 0 Å². The van der Waals surface area contributed by atoms with Gasteiger partial charge in [-0.05, 0) is 60.9 Å². The van der Waals surface area contributed by atoms with E-state index >= 15 is 0 Å². The maximum atomic E-state index is 13.3. The highest BCUT2D eigenvalue weighted by Gasteiger charge is 2.20. The molecule has 20 heavy (non-hydrogen) atoms. The van der Waals surface area contributed by atoms with Crippen LogP contribution in [0, 0.1) is 24.1 Å². The first-order chi connectivity index (χ1) is 9.23. The molecule has 0 aromatic heterocycles. The molecule has 0 saturated heterocycles. The van der Waals surface area contributed by atoms with Crippen LogP contribution in [0.1, 0.15) is 64.6 Å². The van der Waals surface area contributed by atoms with Crippen molar-refractivity contribution in [3.05, 3.63) is 35.1 Å². The first-order valence-electron chi connectivity index (χ1n) is 7.72. The third-order valence-electron chi connectivity index (χ3n) is 3.66. The van der Waals surface area contributed by atoms with E-state index < -0.39 is 0 Å². The average molecular weight is 279 g/mol. The van der Waals surface area contributed by atoms with Crippen LogP contribution in [-0.4, -0.2) is 6.54 Å². The van der Waals surface area contributed by atoms with E-state index in [0.29, 0.717) is 17.4 Å². The molecule has 0 heterocycles. The lowest BCUT2D eigenvalue weighted by Gasteiger charge is -2.28. The molecular formula is C18H30FN. The normalized spacial score (nSPS) is 15.2. The van der Waals surface area contributed by atoms with Crippen LogP contribution < -0.4 is 5.32 Å². The predicted molar refractivity (Wildman–Crippen MR) is 85.4 cm³/mol. The van der Waals surface area contributed by atoms with Crippen molar-refractivity contribution < 1.29 is 4.39 Å². The summed E-state index contributed by atoms with van der Waals surface area (Å²) in [7, 11) is 0. The molecule has 2 unspecified atom stereocenters. The van der Waals surface area contributed by atoms with E-state index in [1.54, 1.807) is 12.1 Å². The molecule has 0 aliphatic carbocycles. The first-order valence-corrected chi connectivity index (χ1v) is 7.72. The Morgan fingerprint density at radius 2 is 1.90 bits per heavy atom. The van der Waals surface area contributed by atoms with Crippen LogP contribution in [-0.2, 0) is 0 Å². The van der Waals surface area contributed by atoms with Gasteiger partial charge in [0.25, 0.3) is 0 Å². The number of hydrogen-bond acceptors (Lipinski definition) is 1. The van der Waals surface area contributed by atoms with Crippen LogP contribution in [0.3, 0.4) is 0 Å². The fraction of sp³-hybridized carbons (Fsp3) is 0.667. The van der Waals surface area contributed by atoms with Crippen LogP contribution >= 0.6 is 0 Å². The van der Waals surface area contributed by atoms with Crippen molar-refractivity contribution in [3.63, 3.8) is 0 Å². The van der Waals surface area contributed by atoms with E-state index in [2.05, 4.69) is 39.9 Å². The van der Waals surface area contributed by atoms with E-state index in [9.17, 15) is 4.39 Å². The quantitative estimate of drug-likeness (QED) is 0.750. The van der Waals surface area contributed by atoms with Crippen molar-refractivity contribution in [2.45, 2.75) is 60.4 Å². The molecule has 114 valence electrons. The lowest BCUT2D eigenvalue weighted by atomic mass is 9.81. The predicted octanol–water partition coefficient (Wildman–Crippen LogP) is 5.25. The second kappa shape index (κ2) is 7.21. The molecule has 0 fully saturated rings. The molecule has 1 aromatic rings. The minimum absolute atomic E-state index is 0.149. The lowest BCUT2D eigenvalue weighted by Crippen LogP contribution is -2.25. The summed E-state index contributed by atoms with van der Waals surface area (Å²) in [6.07, 6.45) is 2.30. The Balaban J connectivity index is 2.83. The third-order valence-corrected chi connectivity index (χ3v) is 3.66. The van der Waals surface area contributed by atoms with Crippen molar-refractivity contribution in [3.8, 4) is 0 Å². The van der Waals surface area contributed by atoms with Crippen LogP contribution in [0.25, 0.3) is 0 Å². The Morgan fingerprint density at radius 1 is 1.25 bits per heavy atom. The summed E-state index contributed by atoms with van der Waals surface area (Å²) in [5.74, 6) is 0.493. The number of nitrogens with one attached hydrogen (secondary N) is 1. The highest BCUT2D eigenvalue weighted by Crippen LogP contribution is 2.31. The zero-order valence-corrected chi connectivity index (χ0v) is 13.9. The maximum Gasteiger partial charge on any atom is 0.123 e. The summed E-state index contributed by atoms with van der Waals surface area (Å²) in [6, 6.07) is 5.45. The summed E-state index contributed by atoms with van der Waals surface area (Å²) in [4.78, 5) is 0. The van der Waals surface area contributed by atoms with E-state index in [1.165, 1.54) is 12.0 Å². The molecule has 1 N–H and O–H groups in total. The maximum absolute atomic E-state index is 13.3. The Labute approximate surface area is 124 Å². The van der Waals surface area contributed by atoms with E-state index in [1.807, 2.05) is 13.0 Å². The van der Waals surface area contributed by atoms with E-state index in [4.69, 9.17) is 0 Å². The van der Waals surface area contributed by atoms with Crippen molar-refractivity contribution in [2.75, 3.05) is 6.54 Å². The molecule has 0 bridgehead atoms. The van der Waals surface area contributed by atoms with Gasteiger partial charge in [-0.15, -0.1) is 0 Å². The second-order valence-electron chi connectivity index (χ2n) is 7.22. The third kappa shape index (κ3) is 5.62. The van der Waals surface area contributed by atoms with Gasteiger partial charge in [0.15, 0.2) is 0 Å². The minimum Gasteiger partial charge on any atom is -0.310 e. The zero-order valence-electron chi connectivity index (χ0n) is 13.9. The number of hydrogen-bond donors (Lipinski definition) is 1. The summed E-state index contributed by atoms with van der Waals surface area (Å²) >= 11 is 0. The molecule has 0 aliphatic rings. The fourth-order valence-electron chi connectivity index (χ4n) is 3.13. The van der Waals surface area contributed by atoms with Crippen molar-refractivity contribution in [1.29, 1.82) is 0 Å². The summed E-state index contributed by atoms with van der Waals surface area (Å²) < 4.78 is 13.3. The average Bonchev–Trinajstić information content (AvgIpc) is 2.25. The Kier molecular flexibility index (Phi) is 6.19. The molecule has 1 nitrogen and oxygen atoms in total. The SMILES string of the molecule is CCNC(CC(C)CC(C)(C)C)c1ccc(F)cc1C. The minimum atomic E-state index is -0.149. The molecule has 2 atom stereocenters. The van der Waals surface area contributed by atoms with Gasteiger partial charge < -0.3 is 5.32 Å². The van der Waals surface area contributed by atoms with Gasteiger partial charge in [0, 0.05) is 6.04 Å². The van der Waals surface area contributed by atoms with Crippen LogP contribution in [0.5, 0.6) is 0 Å². The van der Waals surface area contributed by atoms with E-state index in [0.717, 1.165) is 18.5 Å². The smallest absolute Gasteiger partial charge is 0.123 e. The Morgan fingerprint density at radius 3 is 2.40 bits per heavy atom. The molecular weight excluding hydrogens is 249 g/mol. The number of aryl methyl sites for hydroxylation is 1. The zero-order chi connectivity index (χ0) is 15.3. The molecule has 1 rings (SSSR count). The number of benzene rings is 1.